The standard InChI is InChI=1S/C15H21BrN2O/c1-17(10-11-18-8-3-2-4-9-18)15(19)13-6-5-7-14(16)12-13/h5-7,12H,2-4,8-11H2,1H3. The molecule has 0 unspecified atom stereocenters. The van der Waals surface area contributed by atoms with Crippen molar-refractivity contribution in [2.75, 3.05) is 33.2 Å². The summed E-state index contributed by atoms with van der Waals surface area (Å²) in [6.45, 7) is 4.14. The first-order valence-electron chi connectivity index (χ1n) is 6.90. The first-order chi connectivity index (χ1) is 9.16. The maximum atomic E-state index is 12.3. The summed E-state index contributed by atoms with van der Waals surface area (Å²) in [7, 11) is 1.88. The van der Waals surface area contributed by atoms with E-state index in [2.05, 4.69) is 20.8 Å². The van der Waals surface area contributed by atoms with Crippen LogP contribution < -0.4 is 0 Å². The minimum absolute atomic E-state index is 0.0957. The van der Waals surface area contributed by atoms with Crippen molar-refractivity contribution < 1.29 is 4.79 Å². The molecule has 1 aromatic rings. The van der Waals surface area contributed by atoms with E-state index in [9.17, 15) is 4.79 Å². The van der Waals surface area contributed by atoms with Gasteiger partial charge in [0.25, 0.3) is 5.91 Å². The molecule has 1 aliphatic heterocycles. The van der Waals surface area contributed by atoms with E-state index in [4.69, 9.17) is 0 Å². The van der Waals surface area contributed by atoms with Gasteiger partial charge >= 0.3 is 0 Å². The third-order valence-electron chi connectivity index (χ3n) is 3.62. The first-order valence-corrected chi connectivity index (χ1v) is 7.69. The molecule has 104 valence electrons. The van der Waals surface area contributed by atoms with Crippen molar-refractivity contribution in [1.29, 1.82) is 0 Å². The van der Waals surface area contributed by atoms with E-state index >= 15 is 0 Å². The largest absolute Gasteiger partial charge is 0.340 e. The fourth-order valence-corrected chi connectivity index (χ4v) is 2.82. The Labute approximate surface area is 123 Å². The molecule has 0 N–H and O–H groups in total. The zero-order chi connectivity index (χ0) is 13.7. The normalized spacial score (nSPS) is 16.3. The Morgan fingerprint density at radius 2 is 2.05 bits per heavy atom. The Hall–Kier alpha value is -0.870. The summed E-state index contributed by atoms with van der Waals surface area (Å²) < 4.78 is 0.947. The highest BCUT2D eigenvalue weighted by molar-refractivity contribution is 9.10. The second-order valence-corrected chi connectivity index (χ2v) is 6.06. The van der Waals surface area contributed by atoms with Crippen LogP contribution in [-0.2, 0) is 0 Å². The summed E-state index contributed by atoms with van der Waals surface area (Å²) in [5, 5.41) is 0. The Balaban J connectivity index is 1.85. The first kappa shape index (κ1) is 14.5. The molecule has 0 aromatic heterocycles. The zero-order valence-electron chi connectivity index (χ0n) is 11.4. The van der Waals surface area contributed by atoms with Crippen LogP contribution in [0, 0.1) is 0 Å². The zero-order valence-corrected chi connectivity index (χ0v) is 13.0. The molecule has 1 heterocycles. The molecule has 0 aliphatic carbocycles. The Morgan fingerprint density at radius 3 is 2.74 bits per heavy atom. The monoisotopic (exact) mass is 324 g/mol. The van der Waals surface area contributed by atoms with Crippen LogP contribution in [0.5, 0.6) is 0 Å². The second kappa shape index (κ2) is 7.06. The maximum Gasteiger partial charge on any atom is 0.253 e. The predicted octanol–water partition coefficient (Wildman–Crippen LogP) is 3.01. The fourth-order valence-electron chi connectivity index (χ4n) is 2.42. The van der Waals surface area contributed by atoms with Gasteiger partial charge in [-0.25, -0.2) is 0 Å². The second-order valence-electron chi connectivity index (χ2n) is 5.14. The predicted molar refractivity (Wildman–Crippen MR) is 81.4 cm³/mol. The number of likely N-dealkylation sites (N-methyl/N-ethyl adjacent to an activating group) is 1. The molecule has 0 bridgehead atoms. The van der Waals surface area contributed by atoms with E-state index in [0.29, 0.717) is 0 Å². The molecular formula is C15H21BrN2O. The molecule has 19 heavy (non-hydrogen) atoms. The van der Waals surface area contributed by atoms with Gasteiger partial charge in [0, 0.05) is 30.2 Å². The fraction of sp³-hybridized carbons (Fsp3) is 0.533. The number of halogens is 1. The number of amides is 1. The lowest BCUT2D eigenvalue weighted by atomic mass is 10.1. The third-order valence-corrected chi connectivity index (χ3v) is 4.11. The average Bonchev–Trinajstić information content (AvgIpc) is 2.45. The van der Waals surface area contributed by atoms with Gasteiger partial charge in [-0.05, 0) is 44.1 Å². The van der Waals surface area contributed by atoms with E-state index in [1.54, 1.807) is 0 Å². The minimum Gasteiger partial charge on any atom is -0.340 e. The maximum absolute atomic E-state index is 12.3. The molecular weight excluding hydrogens is 304 g/mol. The molecule has 0 radical (unpaired) electrons. The van der Waals surface area contributed by atoms with Crippen LogP contribution >= 0.6 is 15.9 Å². The molecule has 1 amide bonds. The van der Waals surface area contributed by atoms with Gasteiger partial charge in [-0.15, -0.1) is 0 Å². The van der Waals surface area contributed by atoms with Crippen LogP contribution in [0.2, 0.25) is 0 Å². The van der Waals surface area contributed by atoms with E-state index < -0.39 is 0 Å². The number of hydrogen-bond donors (Lipinski definition) is 0. The van der Waals surface area contributed by atoms with Crippen molar-refractivity contribution in [3.8, 4) is 0 Å². The van der Waals surface area contributed by atoms with Crippen LogP contribution in [0.4, 0.5) is 0 Å². The van der Waals surface area contributed by atoms with Crippen LogP contribution in [0.25, 0.3) is 0 Å². The van der Waals surface area contributed by atoms with Crippen molar-refractivity contribution in [1.82, 2.24) is 9.80 Å². The summed E-state index contributed by atoms with van der Waals surface area (Å²) in [6.07, 6.45) is 3.94. The Morgan fingerprint density at radius 1 is 1.32 bits per heavy atom. The molecule has 4 heteroatoms. The molecule has 1 aliphatic rings. The third kappa shape index (κ3) is 4.32. The topological polar surface area (TPSA) is 23.6 Å². The summed E-state index contributed by atoms with van der Waals surface area (Å²) in [5.74, 6) is 0.0957. The number of carbonyl (C=O) groups excluding carboxylic acids is 1. The highest BCUT2D eigenvalue weighted by Crippen LogP contribution is 2.13. The van der Waals surface area contributed by atoms with E-state index in [-0.39, 0.29) is 5.91 Å². The SMILES string of the molecule is CN(CCN1CCCCC1)C(=O)c1cccc(Br)c1. The number of rotatable bonds is 4. The number of carbonyl (C=O) groups is 1. The lowest BCUT2D eigenvalue weighted by Gasteiger charge is -2.28. The van der Waals surface area contributed by atoms with Gasteiger partial charge in [0.05, 0.1) is 0 Å². The van der Waals surface area contributed by atoms with Crippen molar-refractivity contribution in [3.05, 3.63) is 34.3 Å². The summed E-state index contributed by atoms with van der Waals surface area (Å²) in [5.41, 5.74) is 0.746. The van der Waals surface area contributed by atoms with Gasteiger partial charge in [-0.2, -0.15) is 0 Å². The molecule has 0 atom stereocenters. The highest BCUT2D eigenvalue weighted by atomic mass is 79.9. The van der Waals surface area contributed by atoms with E-state index in [0.717, 1.165) is 23.1 Å². The highest BCUT2D eigenvalue weighted by Gasteiger charge is 2.14. The smallest absolute Gasteiger partial charge is 0.253 e. The average molecular weight is 325 g/mol. The van der Waals surface area contributed by atoms with Crippen molar-refractivity contribution in [3.63, 3.8) is 0 Å². The van der Waals surface area contributed by atoms with Crippen LogP contribution in [0.1, 0.15) is 29.6 Å². The number of likely N-dealkylation sites (tertiary alicyclic amines) is 1. The Kier molecular flexibility index (Phi) is 5.40. The molecule has 1 aromatic carbocycles. The van der Waals surface area contributed by atoms with Crippen molar-refractivity contribution in [2.24, 2.45) is 0 Å². The number of nitrogens with zero attached hydrogens (tertiary/aromatic N) is 2. The summed E-state index contributed by atoms with van der Waals surface area (Å²) in [6, 6.07) is 7.57. The number of piperidine rings is 1. The quantitative estimate of drug-likeness (QED) is 0.850. The van der Waals surface area contributed by atoms with Gasteiger partial charge in [0.15, 0.2) is 0 Å². The van der Waals surface area contributed by atoms with Crippen LogP contribution in [-0.4, -0.2) is 48.9 Å². The molecule has 1 saturated heterocycles. The number of hydrogen-bond acceptors (Lipinski definition) is 2. The number of benzene rings is 1. The van der Waals surface area contributed by atoms with E-state index in [1.165, 1.54) is 32.4 Å². The lowest BCUT2D eigenvalue weighted by molar-refractivity contribution is 0.0773. The Bertz CT molecular complexity index is 430. The van der Waals surface area contributed by atoms with Gasteiger partial charge < -0.3 is 9.80 Å². The summed E-state index contributed by atoms with van der Waals surface area (Å²) >= 11 is 3.40. The molecule has 2 rings (SSSR count). The van der Waals surface area contributed by atoms with Gasteiger partial charge in [0.2, 0.25) is 0 Å². The van der Waals surface area contributed by atoms with Crippen LogP contribution in [0.15, 0.2) is 28.7 Å². The van der Waals surface area contributed by atoms with Gasteiger partial charge in [-0.3, -0.25) is 4.79 Å². The molecule has 1 fully saturated rings. The van der Waals surface area contributed by atoms with E-state index in [1.807, 2.05) is 36.2 Å². The molecule has 0 spiro atoms. The van der Waals surface area contributed by atoms with Gasteiger partial charge in [0.1, 0.15) is 0 Å². The van der Waals surface area contributed by atoms with Crippen molar-refractivity contribution >= 4 is 21.8 Å². The molecule has 3 nitrogen and oxygen atoms in total. The minimum atomic E-state index is 0.0957. The van der Waals surface area contributed by atoms with Gasteiger partial charge in [-0.1, -0.05) is 28.4 Å². The van der Waals surface area contributed by atoms with Crippen molar-refractivity contribution in [2.45, 2.75) is 19.3 Å². The summed E-state index contributed by atoms with van der Waals surface area (Å²) in [4.78, 5) is 16.5. The van der Waals surface area contributed by atoms with Crippen LogP contribution in [0.3, 0.4) is 0 Å². The molecule has 0 saturated carbocycles. The lowest BCUT2D eigenvalue weighted by Crippen LogP contribution is -2.38.